The molecule has 1 N–H and O–H groups in total. The van der Waals surface area contributed by atoms with Crippen molar-refractivity contribution in [1.29, 1.82) is 0 Å². The number of carbonyl (C=O) groups excluding carboxylic acids is 1. The first-order chi connectivity index (χ1) is 5.20. The summed E-state index contributed by atoms with van der Waals surface area (Å²) in [6, 6.07) is 0. The topological polar surface area (TPSA) is 76.0 Å². The first-order valence-electron chi connectivity index (χ1n) is 3.24. The molecule has 0 saturated carbocycles. The first kappa shape index (κ1) is 10.0. The van der Waals surface area contributed by atoms with Crippen LogP contribution in [0.25, 0.3) is 0 Å². The number of carbonyl (C=O) groups is 1. The van der Waals surface area contributed by atoms with E-state index in [-0.39, 0.29) is 19.4 Å². The smallest absolute Gasteiger partial charge is 0.305 e. The molecule has 0 aliphatic carbocycles. The van der Waals surface area contributed by atoms with Crippen LogP contribution in [0.2, 0.25) is 0 Å². The van der Waals surface area contributed by atoms with E-state index in [0.717, 1.165) is 0 Å². The van der Waals surface area contributed by atoms with Gasteiger partial charge in [0, 0.05) is 6.42 Å². The predicted octanol–water partition coefficient (Wildman–Crippen LogP) is 0.0669. The van der Waals surface area contributed by atoms with Crippen LogP contribution in [-0.2, 0) is 9.53 Å². The highest BCUT2D eigenvalue weighted by atomic mass is 16.5. The number of nitroso groups, excluding NO2 is 1. The number of nitrogens with zero attached hydrogens (tertiary/aromatic N) is 1. The van der Waals surface area contributed by atoms with Gasteiger partial charge < -0.3 is 9.84 Å². The number of methoxy groups -OCH3 is 1. The number of rotatable bonds is 5. The number of aliphatic hydroxyl groups excluding tert-OH is 1. The van der Waals surface area contributed by atoms with E-state index < -0.39 is 12.1 Å². The lowest BCUT2D eigenvalue weighted by molar-refractivity contribution is -0.141. The van der Waals surface area contributed by atoms with Gasteiger partial charge in [-0.2, -0.15) is 4.91 Å². The molecule has 0 radical (unpaired) electrons. The van der Waals surface area contributed by atoms with Crippen molar-refractivity contribution in [2.24, 2.45) is 5.18 Å². The third kappa shape index (κ3) is 5.47. The fraction of sp³-hybridized carbons (Fsp3) is 0.833. The van der Waals surface area contributed by atoms with Crippen LogP contribution in [0.15, 0.2) is 5.18 Å². The Labute approximate surface area is 64.3 Å². The summed E-state index contributed by atoms with van der Waals surface area (Å²) < 4.78 is 4.32. The summed E-state index contributed by atoms with van der Waals surface area (Å²) in [7, 11) is 1.27. The van der Waals surface area contributed by atoms with Crippen LogP contribution in [-0.4, -0.2) is 30.8 Å². The number of hydrogen-bond donors (Lipinski definition) is 1. The molecule has 1 unspecified atom stereocenters. The Morgan fingerprint density at radius 1 is 1.73 bits per heavy atom. The fourth-order valence-electron chi connectivity index (χ4n) is 0.564. The quantitative estimate of drug-likeness (QED) is 0.457. The van der Waals surface area contributed by atoms with Crippen LogP contribution in [0.1, 0.15) is 12.8 Å². The Bertz CT molecular complexity index is 137. The fourth-order valence-corrected chi connectivity index (χ4v) is 0.564. The van der Waals surface area contributed by atoms with Crippen molar-refractivity contribution < 1.29 is 14.6 Å². The second-order valence-electron chi connectivity index (χ2n) is 2.08. The zero-order valence-corrected chi connectivity index (χ0v) is 6.32. The van der Waals surface area contributed by atoms with Crippen LogP contribution in [0.3, 0.4) is 0 Å². The molecule has 0 bridgehead atoms. The van der Waals surface area contributed by atoms with E-state index >= 15 is 0 Å². The lowest BCUT2D eigenvalue weighted by atomic mass is 10.2. The van der Waals surface area contributed by atoms with Gasteiger partial charge in [-0.05, 0) is 6.42 Å². The summed E-state index contributed by atoms with van der Waals surface area (Å²) in [5.41, 5.74) is 0. The maximum absolute atomic E-state index is 10.5. The first-order valence-corrected chi connectivity index (χ1v) is 3.24. The van der Waals surface area contributed by atoms with Crippen molar-refractivity contribution >= 4 is 5.97 Å². The Kier molecular flexibility index (Phi) is 5.28. The zero-order chi connectivity index (χ0) is 8.69. The average Bonchev–Trinajstić information content (AvgIpc) is 2.01. The summed E-state index contributed by atoms with van der Waals surface area (Å²) in [5.74, 6) is -0.394. The second-order valence-corrected chi connectivity index (χ2v) is 2.08. The maximum Gasteiger partial charge on any atom is 0.305 e. The van der Waals surface area contributed by atoms with E-state index in [9.17, 15) is 9.70 Å². The summed E-state index contributed by atoms with van der Waals surface area (Å²) in [5, 5.41) is 11.4. The average molecular weight is 161 g/mol. The predicted molar refractivity (Wildman–Crippen MR) is 37.9 cm³/mol. The molecule has 0 rings (SSSR count). The van der Waals surface area contributed by atoms with E-state index in [1.54, 1.807) is 0 Å². The molecule has 5 heteroatoms. The molecule has 0 aliphatic heterocycles. The summed E-state index contributed by atoms with van der Waals surface area (Å²) >= 11 is 0. The third-order valence-electron chi connectivity index (χ3n) is 1.19. The second kappa shape index (κ2) is 5.79. The largest absolute Gasteiger partial charge is 0.469 e. The number of hydrogen-bond acceptors (Lipinski definition) is 5. The monoisotopic (exact) mass is 161 g/mol. The molecule has 0 aliphatic rings. The van der Waals surface area contributed by atoms with Gasteiger partial charge in [0.15, 0.2) is 0 Å². The Morgan fingerprint density at radius 3 is 2.82 bits per heavy atom. The molecule has 0 aromatic heterocycles. The number of esters is 1. The lowest BCUT2D eigenvalue weighted by Crippen LogP contribution is -2.13. The summed E-state index contributed by atoms with van der Waals surface area (Å²) in [4.78, 5) is 20.1. The molecule has 0 spiro atoms. The normalized spacial score (nSPS) is 12.2. The molecule has 64 valence electrons. The van der Waals surface area contributed by atoms with Gasteiger partial charge in [-0.25, -0.2) is 0 Å². The minimum Gasteiger partial charge on any atom is -0.469 e. The molecule has 0 amide bonds. The third-order valence-corrected chi connectivity index (χ3v) is 1.19. The molecule has 0 saturated heterocycles. The molecule has 1 atom stereocenters. The minimum absolute atomic E-state index is 0.118. The van der Waals surface area contributed by atoms with Crippen molar-refractivity contribution in [3.05, 3.63) is 4.91 Å². The van der Waals surface area contributed by atoms with Crippen molar-refractivity contribution in [2.45, 2.75) is 18.9 Å². The van der Waals surface area contributed by atoms with Crippen molar-refractivity contribution in [1.82, 2.24) is 0 Å². The molecule has 0 heterocycles. The van der Waals surface area contributed by atoms with Gasteiger partial charge in [-0.15, -0.1) is 0 Å². The maximum atomic E-state index is 10.5. The van der Waals surface area contributed by atoms with E-state index in [2.05, 4.69) is 9.91 Å². The van der Waals surface area contributed by atoms with Crippen molar-refractivity contribution in [3.63, 3.8) is 0 Å². The van der Waals surface area contributed by atoms with Gasteiger partial charge in [-0.3, -0.25) is 4.79 Å². The van der Waals surface area contributed by atoms with E-state index in [1.165, 1.54) is 7.11 Å². The SMILES string of the molecule is COC(=O)CCC(O)CN=O. The summed E-state index contributed by atoms with van der Waals surface area (Å²) in [6.07, 6.45) is -0.488. The minimum atomic E-state index is -0.827. The van der Waals surface area contributed by atoms with Crippen LogP contribution in [0, 0.1) is 4.91 Å². The molecule has 11 heavy (non-hydrogen) atoms. The highest BCUT2D eigenvalue weighted by Gasteiger charge is 2.07. The molecular weight excluding hydrogens is 150 g/mol. The standard InChI is InChI=1S/C6H11NO4/c1-11-6(9)3-2-5(8)4-7-10/h5,8H,2-4H2,1H3. The molecule has 5 nitrogen and oxygen atoms in total. The van der Waals surface area contributed by atoms with Crippen LogP contribution < -0.4 is 0 Å². The van der Waals surface area contributed by atoms with Gasteiger partial charge in [0.2, 0.25) is 0 Å². The zero-order valence-electron chi connectivity index (χ0n) is 6.32. The van der Waals surface area contributed by atoms with Gasteiger partial charge in [0.1, 0.15) is 6.54 Å². The molecular formula is C6H11NO4. The Hall–Kier alpha value is -0.970. The van der Waals surface area contributed by atoms with Gasteiger partial charge >= 0.3 is 5.97 Å². The Balaban J connectivity index is 3.36. The number of ether oxygens (including phenoxy) is 1. The van der Waals surface area contributed by atoms with E-state index in [4.69, 9.17) is 5.11 Å². The molecule has 0 aromatic carbocycles. The van der Waals surface area contributed by atoms with Crippen LogP contribution in [0.5, 0.6) is 0 Å². The number of aliphatic hydroxyl groups is 1. The van der Waals surface area contributed by atoms with E-state index in [0.29, 0.717) is 0 Å². The molecule has 0 fully saturated rings. The highest BCUT2D eigenvalue weighted by Crippen LogP contribution is 1.98. The summed E-state index contributed by atoms with van der Waals surface area (Å²) in [6.45, 7) is -0.170. The molecule has 0 aromatic rings. The van der Waals surface area contributed by atoms with Crippen LogP contribution in [0.4, 0.5) is 0 Å². The van der Waals surface area contributed by atoms with Crippen LogP contribution >= 0.6 is 0 Å². The van der Waals surface area contributed by atoms with Crippen molar-refractivity contribution in [2.75, 3.05) is 13.7 Å². The van der Waals surface area contributed by atoms with Crippen molar-refractivity contribution in [3.8, 4) is 0 Å². The van der Waals surface area contributed by atoms with Gasteiger partial charge in [0.05, 0.1) is 13.2 Å². The highest BCUT2D eigenvalue weighted by molar-refractivity contribution is 5.69. The van der Waals surface area contributed by atoms with E-state index in [1.807, 2.05) is 0 Å². The van der Waals surface area contributed by atoms with Gasteiger partial charge in [-0.1, -0.05) is 5.18 Å². The Morgan fingerprint density at radius 2 is 2.36 bits per heavy atom. The lowest BCUT2D eigenvalue weighted by Gasteiger charge is -2.03. The van der Waals surface area contributed by atoms with Gasteiger partial charge in [0.25, 0.3) is 0 Å².